The molecule has 80 valence electrons. The van der Waals surface area contributed by atoms with Gasteiger partial charge in [-0.25, -0.2) is 0 Å². The summed E-state index contributed by atoms with van der Waals surface area (Å²) in [6.07, 6.45) is 4.76. The second-order valence-corrected chi connectivity index (χ2v) is 4.30. The smallest absolute Gasteiger partial charge is 0.310 e. The third kappa shape index (κ3) is 2.04. The molecule has 1 aliphatic carbocycles. The van der Waals surface area contributed by atoms with E-state index in [1.165, 1.54) is 24.0 Å². The average molecular weight is 204 g/mol. The third-order valence-electron chi connectivity index (χ3n) is 3.24. The summed E-state index contributed by atoms with van der Waals surface area (Å²) in [4.78, 5) is 10.9. The van der Waals surface area contributed by atoms with Crippen molar-refractivity contribution in [2.45, 2.75) is 38.5 Å². The standard InChI is InChI=1S/C13H16O2/c1-9(13(14)15)11-7-6-10-4-2-3-5-12(10)8-11/h6-9H,2-5H2,1H3,(H,14,15). The summed E-state index contributed by atoms with van der Waals surface area (Å²) >= 11 is 0. The number of carboxylic acids is 1. The Balaban J connectivity index is 2.31. The number of hydrogen-bond acceptors (Lipinski definition) is 1. The molecule has 0 spiro atoms. The second kappa shape index (κ2) is 4.05. The van der Waals surface area contributed by atoms with Gasteiger partial charge >= 0.3 is 5.97 Å². The molecule has 2 rings (SSSR count). The van der Waals surface area contributed by atoms with Gasteiger partial charge in [0.25, 0.3) is 0 Å². The van der Waals surface area contributed by atoms with Crippen LogP contribution < -0.4 is 0 Å². The highest BCUT2D eigenvalue weighted by atomic mass is 16.4. The number of rotatable bonds is 2. The lowest BCUT2D eigenvalue weighted by molar-refractivity contribution is -0.138. The van der Waals surface area contributed by atoms with Gasteiger partial charge in [-0.3, -0.25) is 4.79 Å². The van der Waals surface area contributed by atoms with Gasteiger partial charge in [0, 0.05) is 0 Å². The van der Waals surface area contributed by atoms with Crippen molar-refractivity contribution in [3.63, 3.8) is 0 Å². The van der Waals surface area contributed by atoms with E-state index in [0.29, 0.717) is 0 Å². The second-order valence-electron chi connectivity index (χ2n) is 4.30. The van der Waals surface area contributed by atoms with Crippen LogP contribution in [0.4, 0.5) is 0 Å². The molecule has 1 aromatic rings. The Labute approximate surface area is 89.9 Å². The Kier molecular flexibility index (Phi) is 2.76. The van der Waals surface area contributed by atoms with Gasteiger partial charge in [-0.05, 0) is 49.3 Å². The first kappa shape index (κ1) is 10.2. The molecule has 0 heterocycles. The first-order chi connectivity index (χ1) is 7.18. The van der Waals surface area contributed by atoms with Gasteiger partial charge < -0.3 is 5.11 Å². The van der Waals surface area contributed by atoms with E-state index in [1.54, 1.807) is 6.92 Å². The summed E-state index contributed by atoms with van der Waals surface area (Å²) in [6.45, 7) is 1.74. The third-order valence-corrected chi connectivity index (χ3v) is 3.24. The fourth-order valence-corrected chi connectivity index (χ4v) is 2.17. The van der Waals surface area contributed by atoms with E-state index in [2.05, 4.69) is 12.1 Å². The van der Waals surface area contributed by atoms with E-state index in [1.807, 2.05) is 6.07 Å². The Morgan fingerprint density at radius 2 is 1.93 bits per heavy atom. The summed E-state index contributed by atoms with van der Waals surface area (Å²) in [5.74, 6) is -1.14. The minimum atomic E-state index is -0.745. The van der Waals surface area contributed by atoms with Gasteiger partial charge in [-0.2, -0.15) is 0 Å². The van der Waals surface area contributed by atoms with Crippen LogP contribution in [0.3, 0.4) is 0 Å². The number of aryl methyl sites for hydroxylation is 2. The molecule has 0 bridgehead atoms. The fourth-order valence-electron chi connectivity index (χ4n) is 2.17. The van der Waals surface area contributed by atoms with Crippen LogP contribution in [0.5, 0.6) is 0 Å². The van der Waals surface area contributed by atoms with E-state index in [4.69, 9.17) is 5.11 Å². The van der Waals surface area contributed by atoms with Gasteiger partial charge in [0.15, 0.2) is 0 Å². The number of carboxylic acid groups (broad SMARTS) is 1. The topological polar surface area (TPSA) is 37.3 Å². The predicted octanol–water partition coefficient (Wildman–Crippen LogP) is 2.75. The molecule has 15 heavy (non-hydrogen) atoms. The Bertz CT molecular complexity index is 382. The summed E-state index contributed by atoms with van der Waals surface area (Å²) in [6, 6.07) is 6.14. The Morgan fingerprint density at radius 3 is 2.60 bits per heavy atom. The zero-order valence-electron chi connectivity index (χ0n) is 8.99. The number of benzene rings is 1. The summed E-state index contributed by atoms with van der Waals surface area (Å²) in [5, 5.41) is 8.94. The van der Waals surface area contributed by atoms with Crippen LogP contribution in [-0.4, -0.2) is 11.1 Å². The largest absolute Gasteiger partial charge is 0.481 e. The van der Waals surface area contributed by atoms with Crippen molar-refractivity contribution in [2.75, 3.05) is 0 Å². The molecule has 0 saturated carbocycles. The predicted molar refractivity (Wildman–Crippen MR) is 59.1 cm³/mol. The maximum absolute atomic E-state index is 10.9. The number of carbonyl (C=O) groups is 1. The molecule has 0 saturated heterocycles. The van der Waals surface area contributed by atoms with Gasteiger partial charge in [0.05, 0.1) is 5.92 Å². The molecule has 2 heteroatoms. The lowest BCUT2D eigenvalue weighted by Gasteiger charge is -2.17. The first-order valence-corrected chi connectivity index (χ1v) is 5.53. The van der Waals surface area contributed by atoms with Crippen molar-refractivity contribution in [3.05, 3.63) is 34.9 Å². The summed E-state index contributed by atoms with van der Waals surface area (Å²) in [7, 11) is 0. The lowest BCUT2D eigenvalue weighted by atomic mass is 9.88. The zero-order chi connectivity index (χ0) is 10.8. The molecule has 1 unspecified atom stereocenters. The Hall–Kier alpha value is -1.31. The minimum absolute atomic E-state index is 0.391. The van der Waals surface area contributed by atoms with Crippen LogP contribution in [0.1, 0.15) is 42.4 Å². The number of aliphatic carboxylic acids is 1. The van der Waals surface area contributed by atoms with E-state index in [9.17, 15) is 4.79 Å². The fraction of sp³-hybridized carbons (Fsp3) is 0.462. The first-order valence-electron chi connectivity index (χ1n) is 5.53. The molecular weight excluding hydrogens is 188 g/mol. The SMILES string of the molecule is CC(C(=O)O)c1ccc2c(c1)CCCC2. The van der Waals surface area contributed by atoms with Gasteiger partial charge in [-0.1, -0.05) is 18.2 Å². The van der Waals surface area contributed by atoms with Gasteiger partial charge in [-0.15, -0.1) is 0 Å². The molecule has 1 aliphatic rings. The summed E-state index contributed by atoms with van der Waals surface area (Å²) < 4.78 is 0. The lowest BCUT2D eigenvalue weighted by Crippen LogP contribution is -2.09. The van der Waals surface area contributed by atoms with Crippen molar-refractivity contribution in [3.8, 4) is 0 Å². The van der Waals surface area contributed by atoms with Crippen molar-refractivity contribution >= 4 is 5.97 Å². The molecule has 0 aliphatic heterocycles. The molecule has 0 amide bonds. The van der Waals surface area contributed by atoms with Crippen LogP contribution in [0.25, 0.3) is 0 Å². The van der Waals surface area contributed by atoms with Crippen LogP contribution in [0, 0.1) is 0 Å². The van der Waals surface area contributed by atoms with E-state index in [-0.39, 0.29) is 0 Å². The van der Waals surface area contributed by atoms with Gasteiger partial charge in [0.1, 0.15) is 0 Å². The van der Waals surface area contributed by atoms with Crippen LogP contribution in [-0.2, 0) is 17.6 Å². The number of hydrogen-bond donors (Lipinski definition) is 1. The van der Waals surface area contributed by atoms with Crippen molar-refractivity contribution in [1.82, 2.24) is 0 Å². The molecule has 1 N–H and O–H groups in total. The molecule has 0 radical (unpaired) electrons. The van der Waals surface area contributed by atoms with E-state index < -0.39 is 11.9 Å². The minimum Gasteiger partial charge on any atom is -0.481 e. The highest BCUT2D eigenvalue weighted by Gasteiger charge is 2.16. The monoisotopic (exact) mass is 204 g/mol. The molecule has 1 aromatic carbocycles. The van der Waals surface area contributed by atoms with Crippen LogP contribution in [0.2, 0.25) is 0 Å². The van der Waals surface area contributed by atoms with E-state index in [0.717, 1.165) is 18.4 Å². The molecular formula is C13H16O2. The van der Waals surface area contributed by atoms with Crippen LogP contribution in [0.15, 0.2) is 18.2 Å². The van der Waals surface area contributed by atoms with Crippen molar-refractivity contribution in [1.29, 1.82) is 0 Å². The quantitative estimate of drug-likeness (QED) is 0.804. The summed E-state index contributed by atoms with van der Waals surface area (Å²) in [5.41, 5.74) is 3.69. The maximum atomic E-state index is 10.9. The normalized spacial score (nSPS) is 16.9. The molecule has 0 aromatic heterocycles. The highest BCUT2D eigenvalue weighted by Crippen LogP contribution is 2.25. The molecule has 0 fully saturated rings. The van der Waals surface area contributed by atoms with Crippen molar-refractivity contribution < 1.29 is 9.90 Å². The average Bonchev–Trinajstić information content (AvgIpc) is 2.27. The highest BCUT2D eigenvalue weighted by molar-refractivity contribution is 5.75. The van der Waals surface area contributed by atoms with E-state index >= 15 is 0 Å². The molecule has 1 atom stereocenters. The van der Waals surface area contributed by atoms with Crippen LogP contribution >= 0.6 is 0 Å². The van der Waals surface area contributed by atoms with Crippen molar-refractivity contribution in [2.24, 2.45) is 0 Å². The zero-order valence-corrected chi connectivity index (χ0v) is 8.99. The molecule has 2 nitrogen and oxygen atoms in total. The Morgan fingerprint density at radius 1 is 1.27 bits per heavy atom. The number of fused-ring (bicyclic) bond motifs is 1. The maximum Gasteiger partial charge on any atom is 0.310 e. The van der Waals surface area contributed by atoms with Gasteiger partial charge in [0.2, 0.25) is 0 Å².